The molecule has 7 heteroatoms. The van der Waals surface area contributed by atoms with Crippen molar-refractivity contribution in [2.45, 2.75) is 25.4 Å². The first kappa shape index (κ1) is 13.4. The van der Waals surface area contributed by atoms with E-state index in [1.165, 1.54) is 17.5 Å². The van der Waals surface area contributed by atoms with Crippen LogP contribution in [0.4, 0.5) is 0 Å². The number of hydrogen-bond acceptors (Lipinski definition) is 6. The predicted molar refractivity (Wildman–Crippen MR) is 73.5 cm³/mol. The standard InChI is InChI=1S/C14H15N3O4/c1-9-10(15-18)8-11(12-4-2-6-20-12)17(16-19)14(9)13-5-3-7-21-13/h2-7,9,11,14,18H,8H2,1H3/b15-10-. The lowest BCUT2D eigenvalue weighted by Crippen LogP contribution is -2.41. The summed E-state index contributed by atoms with van der Waals surface area (Å²) >= 11 is 0. The number of hydrogen-bond donors (Lipinski definition) is 1. The van der Waals surface area contributed by atoms with Gasteiger partial charge in [-0.05, 0) is 24.3 Å². The van der Waals surface area contributed by atoms with Gasteiger partial charge in [0.05, 0.1) is 23.5 Å². The van der Waals surface area contributed by atoms with Crippen LogP contribution in [0.15, 0.2) is 56.1 Å². The van der Waals surface area contributed by atoms with E-state index >= 15 is 0 Å². The molecule has 0 spiro atoms. The van der Waals surface area contributed by atoms with Crippen LogP contribution in [0.3, 0.4) is 0 Å². The Morgan fingerprint density at radius 1 is 1.24 bits per heavy atom. The van der Waals surface area contributed by atoms with Crippen LogP contribution in [-0.2, 0) is 0 Å². The Balaban J connectivity index is 2.05. The zero-order chi connectivity index (χ0) is 14.8. The number of piperidine rings is 1. The van der Waals surface area contributed by atoms with Crippen LogP contribution >= 0.6 is 0 Å². The number of rotatable bonds is 3. The Hall–Kier alpha value is -2.57. The van der Waals surface area contributed by atoms with Crippen molar-refractivity contribution in [3.05, 3.63) is 53.2 Å². The van der Waals surface area contributed by atoms with Crippen molar-refractivity contribution in [1.82, 2.24) is 5.01 Å². The molecule has 3 rings (SSSR count). The molecule has 1 saturated heterocycles. The van der Waals surface area contributed by atoms with Crippen LogP contribution in [0.5, 0.6) is 0 Å². The fourth-order valence-corrected chi connectivity index (χ4v) is 2.87. The summed E-state index contributed by atoms with van der Waals surface area (Å²) in [6.45, 7) is 1.87. The zero-order valence-electron chi connectivity index (χ0n) is 11.4. The average molecular weight is 289 g/mol. The third-order valence-electron chi connectivity index (χ3n) is 3.94. The van der Waals surface area contributed by atoms with E-state index in [9.17, 15) is 10.1 Å². The molecular weight excluding hydrogens is 274 g/mol. The van der Waals surface area contributed by atoms with E-state index in [1.54, 1.807) is 24.3 Å². The first-order valence-corrected chi connectivity index (χ1v) is 6.65. The lowest BCUT2D eigenvalue weighted by Gasteiger charge is -2.39. The van der Waals surface area contributed by atoms with E-state index in [1.807, 2.05) is 6.92 Å². The average Bonchev–Trinajstić information content (AvgIpc) is 3.19. The minimum atomic E-state index is -0.438. The summed E-state index contributed by atoms with van der Waals surface area (Å²) in [6, 6.07) is 6.18. The Bertz CT molecular complexity index is 621. The molecule has 21 heavy (non-hydrogen) atoms. The molecule has 1 fully saturated rings. The van der Waals surface area contributed by atoms with E-state index < -0.39 is 12.1 Å². The van der Waals surface area contributed by atoms with Crippen molar-refractivity contribution in [2.24, 2.45) is 16.4 Å². The monoisotopic (exact) mass is 289 g/mol. The van der Waals surface area contributed by atoms with Gasteiger partial charge in [-0.3, -0.25) is 0 Å². The van der Waals surface area contributed by atoms with Crippen LogP contribution in [0.25, 0.3) is 0 Å². The van der Waals surface area contributed by atoms with Crippen LogP contribution < -0.4 is 0 Å². The molecule has 0 bridgehead atoms. The van der Waals surface area contributed by atoms with Gasteiger partial charge < -0.3 is 14.0 Å². The summed E-state index contributed by atoms with van der Waals surface area (Å²) < 4.78 is 10.8. The van der Waals surface area contributed by atoms with Gasteiger partial charge in [0.25, 0.3) is 0 Å². The van der Waals surface area contributed by atoms with Crippen LogP contribution in [0.2, 0.25) is 0 Å². The lowest BCUT2D eigenvalue weighted by atomic mass is 9.84. The van der Waals surface area contributed by atoms with Gasteiger partial charge in [0.2, 0.25) is 0 Å². The molecule has 1 aliphatic rings. The Labute approximate surface area is 120 Å². The van der Waals surface area contributed by atoms with Crippen molar-refractivity contribution in [1.29, 1.82) is 0 Å². The van der Waals surface area contributed by atoms with E-state index in [0.717, 1.165) is 0 Å². The molecule has 0 aromatic carbocycles. The molecule has 1 aliphatic heterocycles. The second-order valence-electron chi connectivity index (χ2n) is 5.04. The van der Waals surface area contributed by atoms with Crippen LogP contribution in [0, 0.1) is 10.8 Å². The zero-order valence-corrected chi connectivity index (χ0v) is 11.4. The summed E-state index contributed by atoms with van der Waals surface area (Å²) in [5.74, 6) is 0.990. The van der Waals surface area contributed by atoms with Crippen molar-refractivity contribution in [3.63, 3.8) is 0 Å². The molecule has 2 aromatic heterocycles. The van der Waals surface area contributed by atoms with Gasteiger partial charge >= 0.3 is 0 Å². The predicted octanol–water partition coefficient (Wildman–Crippen LogP) is 3.51. The third kappa shape index (κ3) is 2.20. The van der Waals surface area contributed by atoms with Gasteiger partial charge in [-0.15, -0.1) is 4.91 Å². The highest BCUT2D eigenvalue weighted by Gasteiger charge is 2.43. The van der Waals surface area contributed by atoms with Crippen molar-refractivity contribution >= 4 is 5.71 Å². The fraction of sp³-hybridized carbons (Fsp3) is 0.357. The summed E-state index contributed by atoms with van der Waals surface area (Å²) in [5.41, 5.74) is 0.581. The van der Waals surface area contributed by atoms with E-state index in [2.05, 4.69) is 10.4 Å². The highest BCUT2D eigenvalue weighted by Crippen LogP contribution is 2.44. The molecule has 3 heterocycles. The highest BCUT2D eigenvalue weighted by molar-refractivity contribution is 5.88. The Morgan fingerprint density at radius 2 is 1.90 bits per heavy atom. The summed E-state index contributed by atoms with van der Waals surface area (Å²) in [4.78, 5) is 11.4. The van der Waals surface area contributed by atoms with Gasteiger partial charge in [-0.2, -0.15) is 0 Å². The van der Waals surface area contributed by atoms with Gasteiger partial charge in [0.1, 0.15) is 23.6 Å². The fourth-order valence-electron chi connectivity index (χ4n) is 2.87. The van der Waals surface area contributed by atoms with Crippen LogP contribution in [-0.4, -0.2) is 15.9 Å². The summed E-state index contributed by atoms with van der Waals surface area (Å²) in [5, 5.41) is 17.2. The number of oxime groups is 1. The molecule has 0 saturated carbocycles. The molecular formula is C14H15N3O4. The summed E-state index contributed by atoms with van der Waals surface area (Å²) in [6.07, 6.45) is 3.44. The second-order valence-corrected chi connectivity index (χ2v) is 5.04. The van der Waals surface area contributed by atoms with Gasteiger partial charge in [0, 0.05) is 12.3 Å². The van der Waals surface area contributed by atoms with E-state index in [0.29, 0.717) is 23.7 Å². The lowest BCUT2D eigenvalue weighted by molar-refractivity contribution is 0.0688. The molecule has 0 aliphatic carbocycles. The highest BCUT2D eigenvalue weighted by atomic mass is 16.4. The molecule has 3 atom stereocenters. The normalized spacial score (nSPS) is 28.0. The van der Waals surface area contributed by atoms with Gasteiger partial charge in [-0.1, -0.05) is 12.1 Å². The number of nitrogens with zero attached hydrogens (tertiary/aromatic N) is 3. The second kappa shape index (κ2) is 5.43. The molecule has 2 aromatic rings. The molecule has 0 radical (unpaired) electrons. The third-order valence-corrected chi connectivity index (χ3v) is 3.94. The first-order valence-electron chi connectivity index (χ1n) is 6.65. The van der Waals surface area contributed by atoms with E-state index in [4.69, 9.17) is 8.83 Å². The van der Waals surface area contributed by atoms with Crippen molar-refractivity contribution in [3.8, 4) is 0 Å². The Kier molecular flexibility index (Phi) is 3.47. The smallest absolute Gasteiger partial charge is 0.128 e. The van der Waals surface area contributed by atoms with Crippen molar-refractivity contribution < 1.29 is 14.0 Å². The van der Waals surface area contributed by atoms with Gasteiger partial charge in [0.15, 0.2) is 0 Å². The molecule has 110 valence electrons. The maximum atomic E-state index is 11.4. The largest absolute Gasteiger partial charge is 0.467 e. The minimum Gasteiger partial charge on any atom is -0.467 e. The maximum Gasteiger partial charge on any atom is 0.128 e. The SMILES string of the molecule is CC1/C(=N\O)CC(c2ccco2)N(N=O)C1c1ccco1. The number of furan rings is 2. The van der Waals surface area contributed by atoms with E-state index in [-0.39, 0.29) is 5.92 Å². The van der Waals surface area contributed by atoms with Gasteiger partial charge in [-0.25, -0.2) is 5.01 Å². The summed E-state index contributed by atoms with van der Waals surface area (Å²) in [7, 11) is 0. The molecule has 0 amide bonds. The molecule has 1 N–H and O–H groups in total. The molecule has 7 nitrogen and oxygen atoms in total. The topological polar surface area (TPSA) is 91.5 Å². The quantitative estimate of drug-likeness (QED) is 0.530. The van der Waals surface area contributed by atoms with Crippen LogP contribution in [0.1, 0.15) is 36.9 Å². The Morgan fingerprint density at radius 3 is 2.43 bits per heavy atom. The number of nitroso groups, excluding NO2 is 1. The maximum absolute atomic E-state index is 11.4. The van der Waals surface area contributed by atoms with Crippen molar-refractivity contribution in [2.75, 3.05) is 0 Å². The molecule has 3 unspecified atom stereocenters. The minimum absolute atomic E-state index is 0.204. The first-order chi connectivity index (χ1) is 10.3.